The second-order valence-corrected chi connectivity index (χ2v) is 9.61. The van der Waals surface area contributed by atoms with Gasteiger partial charge in [-0.05, 0) is 68.3 Å². The number of rotatable bonds is 7. The van der Waals surface area contributed by atoms with Crippen LogP contribution in [0.1, 0.15) is 19.8 Å². The molecule has 33 heavy (non-hydrogen) atoms. The zero-order valence-corrected chi connectivity index (χ0v) is 18.9. The lowest BCUT2D eigenvalue weighted by Crippen LogP contribution is -2.41. The van der Waals surface area contributed by atoms with E-state index in [4.69, 9.17) is 9.47 Å². The zero-order chi connectivity index (χ0) is 24.2. The van der Waals surface area contributed by atoms with Gasteiger partial charge < -0.3 is 14.8 Å². The number of nitrogens with zero attached hydrogens (tertiary/aromatic N) is 1. The Hall–Kier alpha value is -2.79. The van der Waals surface area contributed by atoms with Crippen LogP contribution in [0.15, 0.2) is 53.4 Å². The third-order valence-electron chi connectivity index (χ3n) is 5.42. The van der Waals surface area contributed by atoms with Crippen LogP contribution in [0.3, 0.4) is 0 Å². The Morgan fingerprint density at radius 3 is 2.09 bits per heavy atom. The van der Waals surface area contributed by atoms with Crippen molar-refractivity contribution in [3.63, 3.8) is 0 Å². The van der Waals surface area contributed by atoms with Gasteiger partial charge in [-0.2, -0.15) is 17.5 Å². The van der Waals surface area contributed by atoms with Crippen LogP contribution < -0.4 is 14.8 Å². The zero-order valence-electron chi connectivity index (χ0n) is 18.1. The number of ether oxygens (including phenoxy) is 2. The van der Waals surface area contributed by atoms with Crippen molar-refractivity contribution < 1.29 is 35.9 Å². The summed E-state index contributed by atoms with van der Waals surface area (Å²) in [6.45, 7) is 1.32. The third-order valence-corrected chi connectivity index (χ3v) is 7.33. The number of nitrogens with one attached hydrogen (secondary N) is 1. The summed E-state index contributed by atoms with van der Waals surface area (Å²) >= 11 is 0. The minimum absolute atomic E-state index is 0.0369. The number of halogens is 3. The van der Waals surface area contributed by atoms with Gasteiger partial charge in [0.1, 0.15) is 11.5 Å². The fraction of sp³-hybridized carbons (Fsp3) is 0.409. The third kappa shape index (κ3) is 6.17. The van der Waals surface area contributed by atoms with Gasteiger partial charge in [0.25, 0.3) is 0 Å². The summed E-state index contributed by atoms with van der Waals surface area (Å²) in [6.07, 6.45) is -5.71. The number of piperidine rings is 1. The predicted molar refractivity (Wildman–Crippen MR) is 116 cm³/mol. The molecule has 0 aliphatic carbocycles. The summed E-state index contributed by atoms with van der Waals surface area (Å²) in [7, 11) is -2.17. The molecule has 1 heterocycles. The van der Waals surface area contributed by atoms with Crippen molar-refractivity contribution in [3.8, 4) is 11.5 Å². The van der Waals surface area contributed by atoms with E-state index < -0.39 is 22.3 Å². The number of carbonyl (C=O) groups is 1. The minimum atomic E-state index is -4.47. The molecule has 180 valence electrons. The number of amides is 1. The van der Waals surface area contributed by atoms with Crippen LogP contribution in [0.5, 0.6) is 11.5 Å². The lowest BCUT2D eigenvalue weighted by molar-refractivity contribution is -0.189. The van der Waals surface area contributed by atoms with Crippen LogP contribution >= 0.6 is 0 Å². The molecule has 1 fully saturated rings. The maximum absolute atomic E-state index is 12.8. The van der Waals surface area contributed by atoms with E-state index in [9.17, 15) is 26.4 Å². The summed E-state index contributed by atoms with van der Waals surface area (Å²) in [5, 5.41) is 2.72. The van der Waals surface area contributed by atoms with E-state index in [2.05, 4.69) is 5.32 Å². The number of benzene rings is 2. The second-order valence-electron chi connectivity index (χ2n) is 7.67. The van der Waals surface area contributed by atoms with Gasteiger partial charge >= 0.3 is 6.18 Å². The van der Waals surface area contributed by atoms with E-state index in [-0.39, 0.29) is 35.6 Å². The van der Waals surface area contributed by atoms with Crippen molar-refractivity contribution >= 4 is 21.6 Å². The number of hydrogen-bond donors (Lipinski definition) is 1. The van der Waals surface area contributed by atoms with Crippen LogP contribution in [0.2, 0.25) is 0 Å². The maximum Gasteiger partial charge on any atom is 0.425 e. The molecule has 0 spiro atoms. The van der Waals surface area contributed by atoms with Crippen molar-refractivity contribution in [2.45, 2.75) is 36.9 Å². The summed E-state index contributed by atoms with van der Waals surface area (Å²) in [6, 6.07) is 11.7. The quantitative estimate of drug-likeness (QED) is 0.638. The maximum atomic E-state index is 12.8. The SMILES string of the molecule is COc1ccc(S(=O)(=O)N2CCC(C(=O)Nc3ccc(OC(C)C(F)(F)F)cc3)CC2)cc1. The highest BCUT2D eigenvalue weighted by molar-refractivity contribution is 7.89. The predicted octanol–water partition coefficient (Wildman–Crippen LogP) is 4.06. The van der Waals surface area contributed by atoms with E-state index >= 15 is 0 Å². The molecule has 2 aromatic carbocycles. The molecule has 0 saturated carbocycles. The summed E-state index contributed by atoms with van der Waals surface area (Å²) in [4.78, 5) is 12.7. The summed E-state index contributed by atoms with van der Waals surface area (Å²) in [5.41, 5.74) is 0.417. The summed E-state index contributed by atoms with van der Waals surface area (Å²) in [5.74, 6) is -0.0593. The highest BCUT2D eigenvalue weighted by Crippen LogP contribution is 2.28. The van der Waals surface area contributed by atoms with Crippen LogP contribution in [-0.2, 0) is 14.8 Å². The normalized spacial score (nSPS) is 16.8. The molecule has 1 saturated heterocycles. The van der Waals surface area contributed by atoms with Gasteiger partial charge in [0.2, 0.25) is 15.9 Å². The largest absolute Gasteiger partial charge is 0.497 e. The Labute approximate surface area is 190 Å². The molecule has 1 aliphatic heterocycles. The van der Waals surface area contributed by atoms with Gasteiger partial charge in [0, 0.05) is 24.7 Å². The second kappa shape index (κ2) is 10.0. The molecule has 0 aromatic heterocycles. The monoisotopic (exact) mass is 486 g/mol. The van der Waals surface area contributed by atoms with Crippen LogP contribution in [0, 0.1) is 5.92 Å². The Kier molecular flexibility index (Phi) is 7.53. The minimum Gasteiger partial charge on any atom is -0.497 e. The first-order chi connectivity index (χ1) is 15.5. The van der Waals surface area contributed by atoms with Crippen LogP contribution in [-0.4, -0.2) is 51.1 Å². The van der Waals surface area contributed by atoms with Gasteiger partial charge in [-0.15, -0.1) is 0 Å². The molecule has 1 amide bonds. The first-order valence-electron chi connectivity index (χ1n) is 10.3. The van der Waals surface area contributed by atoms with Gasteiger partial charge in [-0.3, -0.25) is 4.79 Å². The Morgan fingerprint density at radius 2 is 1.58 bits per heavy atom. The molecule has 1 atom stereocenters. The average Bonchev–Trinajstić information content (AvgIpc) is 2.79. The van der Waals surface area contributed by atoms with E-state index in [0.29, 0.717) is 24.3 Å². The fourth-order valence-corrected chi connectivity index (χ4v) is 4.86. The number of anilines is 1. The van der Waals surface area contributed by atoms with E-state index in [1.807, 2.05) is 0 Å². The molecule has 11 heteroatoms. The Bertz CT molecular complexity index is 1050. The van der Waals surface area contributed by atoms with Gasteiger partial charge in [0.05, 0.1) is 12.0 Å². The van der Waals surface area contributed by atoms with Crippen molar-refractivity contribution in [2.24, 2.45) is 5.92 Å². The van der Waals surface area contributed by atoms with Crippen molar-refractivity contribution in [3.05, 3.63) is 48.5 Å². The first kappa shape index (κ1) is 24.8. The number of methoxy groups -OCH3 is 1. The molecular weight excluding hydrogens is 461 g/mol. The van der Waals surface area contributed by atoms with Crippen molar-refractivity contribution in [2.75, 3.05) is 25.5 Å². The van der Waals surface area contributed by atoms with Crippen LogP contribution in [0.4, 0.5) is 18.9 Å². The Balaban J connectivity index is 1.54. The van der Waals surface area contributed by atoms with Gasteiger partial charge in [-0.25, -0.2) is 8.42 Å². The molecule has 0 radical (unpaired) electrons. The molecule has 7 nitrogen and oxygen atoms in total. The van der Waals surface area contributed by atoms with E-state index in [0.717, 1.165) is 6.92 Å². The van der Waals surface area contributed by atoms with Gasteiger partial charge in [0.15, 0.2) is 6.10 Å². The van der Waals surface area contributed by atoms with Crippen LogP contribution in [0.25, 0.3) is 0 Å². The number of hydrogen-bond acceptors (Lipinski definition) is 5. The highest BCUT2D eigenvalue weighted by atomic mass is 32.2. The average molecular weight is 487 g/mol. The fourth-order valence-electron chi connectivity index (χ4n) is 3.39. The first-order valence-corrected chi connectivity index (χ1v) is 11.7. The molecule has 1 unspecified atom stereocenters. The smallest absolute Gasteiger partial charge is 0.425 e. The summed E-state index contributed by atoms with van der Waals surface area (Å²) < 4.78 is 74.7. The molecule has 0 bridgehead atoms. The Morgan fingerprint density at radius 1 is 1.03 bits per heavy atom. The molecule has 1 N–H and O–H groups in total. The lowest BCUT2D eigenvalue weighted by Gasteiger charge is -2.30. The van der Waals surface area contributed by atoms with E-state index in [1.54, 1.807) is 12.1 Å². The topological polar surface area (TPSA) is 84.9 Å². The molecule has 2 aromatic rings. The van der Waals surface area contributed by atoms with Gasteiger partial charge in [-0.1, -0.05) is 0 Å². The molecule has 1 aliphatic rings. The number of sulfonamides is 1. The highest BCUT2D eigenvalue weighted by Gasteiger charge is 2.38. The molecular formula is C22H25F3N2O5S. The number of alkyl halides is 3. The van der Waals surface area contributed by atoms with Crippen molar-refractivity contribution in [1.82, 2.24) is 4.31 Å². The van der Waals surface area contributed by atoms with Crippen molar-refractivity contribution in [1.29, 1.82) is 0 Å². The molecule has 3 rings (SSSR count). The number of carbonyl (C=O) groups excluding carboxylic acids is 1. The lowest BCUT2D eigenvalue weighted by atomic mass is 9.97. The van der Waals surface area contributed by atoms with E-state index in [1.165, 1.54) is 47.8 Å². The standard InChI is InChI=1S/C22H25F3N2O5S/c1-15(22(23,24)25)32-19-5-3-17(4-6-19)26-21(28)16-11-13-27(14-12-16)33(29,30)20-9-7-18(31-2)8-10-20/h3-10,15-16H,11-14H2,1-2H3,(H,26,28).